The van der Waals surface area contributed by atoms with E-state index in [1.807, 2.05) is 19.1 Å². The first-order valence-electron chi connectivity index (χ1n) is 6.63. The minimum Gasteiger partial charge on any atom is -0.383 e. The van der Waals surface area contributed by atoms with Gasteiger partial charge in [-0.15, -0.1) is 0 Å². The zero-order valence-electron chi connectivity index (χ0n) is 12.6. The summed E-state index contributed by atoms with van der Waals surface area (Å²) in [4.78, 5) is 0.266. The van der Waals surface area contributed by atoms with Gasteiger partial charge in [0.15, 0.2) is 0 Å². The number of hydrogen-bond donors (Lipinski definition) is 2. The highest BCUT2D eigenvalue weighted by molar-refractivity contribution is 7.89. The highest BCUT2D eigenvalue weighted by Gasteiger charge is 2.26. The second kappa shape index (κ2) is 7.17. The van der Waals surface area contributed by atoms with Gasteiger partial charge in [-0.1, -0.05) is 19.1 Å². The predicted molar refractivity (Wildman–Crippen MR) is 80.1 cm³/mol. The Balaban J connectivity index is 2.82. The highest BCUT2D eigenvalue weighted by atomic mass is 32.2. The average molecular weight is 300 g/mol. The lowest BCUT2D eigenvalue weighted by Gasteiger charge is -2.24. The van der Waals surface area contributed by atoms with Crippen LogP contribution in [0, 0.1) is 0 Å². The van der Waals surface area contributed by atoms with Crippen LogP contribution >= 0.6 is 0 Å². The molecule has 0 aliphatic heterocycles. The number of nitrogens with one attached hydrogen (secondary N) is 2. The van der Waals surface area contributed by atoms with Crippen molar-refractivity contribution in [3.63, 3.8) is 0 Å². The monoisotopic (exact) mass is 300 g/mol. The van der Waals surface area contributed by atoms with Crippen molar-refractivity contribution in [1.82, 2.24) is 10.0 Å². The lowest BCUT2D eigenvalue weighted by atomic mass is 10.1. The van der Waals surface area contributed by atoms with Crippen molar-refractivity contribution in [3.05, 3.63) is 29.8 Å². The van der Waals surface area contributed by atoms with Crippen LogP contribution in [-0.4, -0.2) is 34.2 Å². The van der Waals surface area contributed by atoms with Gasteiger partial charge < -0.3 is 10.1 Å². The lowest BCUT2D eigenvalue weighted by Crippen LogP contribution is -2.46. The van der Waals surface area contributed by atoms with Crippen LogP contribution in [0.15, 0.2) is 29.2 Å². The van der Waals surface area contributed by atoms with E-state index >= 15 is 0 Å². The van der Waals surface area contributed by atoms with Crippen LogP contribution in [-0.2, 0) is 21.3 Å². The summed E-state index contributed by atoms with van der Waals surface area (Å²) >= 11 is 0. The summed E-state index contributed by atoms with van der Waals surface area (Å²) < 4.78 is 32.2. The molecule has 1 aromatic rings. The molecule has 0 saturated heterocycles. The quantitative estimate of drug-likeness (QED) is 0.763. The molecule has 0 bridgehead atoms. The zero-order chi connectivity index (χ0) is 15.2. The fraction of sp³-hybridized carbons (Fsp3) is 0.571. The van der Waals surface area contributed by atoms with Gasteiger partial charge in [-0.25, -0.2) is 13.1 Å². The maximum Gasteiger partial charge on any atom is 0.241 e. The van der Waals surface area contributed by atoms with Gasteiger partial charge in [-0.2, -0.15) is 0 Å². The third kappa shape index (κ3) is 5.20. The van der Waals surface area contributed by atoms with E-state index in [9.17, 15) is 8.42 Å². The molecule has 0 spiro atoms. The number of hydrogen-bond acceptors (Lipinski definition) is 4. The summed E-state index contributed by atoms with van der Waals surface area (Å²) in [6.45, 7) is 7.53. The predicted octanol–water partition coefficient (Wildman–Crippen LogP) is 1.50. The van der Waals surface area contributed by atoms with Crippen LogP contribution in [0.1, 0.15) is 26.3 Å². The van der Waals surface area contributed by atoms with Crippen molar-refractivity contribution in [2.24, 2.45) is 0 Å². The van der Waals surface area contributed by atoms with Crippen LogP contribution < -0.4 is 10.0 Å². The molecule has 20 heavy (non-hydrogen) atoms. The van der Waals surface area contributed by atoms with E-state index in [1.54, 1.807) is 33.1 Å². The van der Waals surface area contributed by atoms with E-state index in [-0.39, 0.29) is 4.90 Å². The van der Waals surface area contributed by atoms with Gasteiger partial charge in [-0.3, -0.25) is 0 Å². The zero-order valence-corrected chi connectivity index (χ0v) is 13.4. The maximum absolute atomic E-state index is 12.3. The summed E-state index contributed by atoms with van der Waals surface area (Å²) in [6.07, 6.45) is 0. The Hall–Kier alpha value is -0.950. The fourth-order valence-electron chi connectivity index (χ4n) is 1.87. The van der Waals surface area contributed by atoms with Gasteiger partial charge in [-0.05, 0) is 38.1 Å². The van der Waals surface area contributed by atoms with E-state index in [4.69, 9.17) is 4.74 Å². The van der Waals surface area contributed by atoms with E-state index < -0.39 is 15.6 Å². The van der Waals surface area contributed by atoms with Gasteiger partial charge in [0.1, 0.15) is 0 Å². The summed E-state index contributed by atoms with van der Waals surface area (Å²) in [5.74, 6) is 0. The van der Waals surface area contributed by atoms with Crippen LogP contribution in [0.25, 0.3) is 0 Å². The molecule has 0 radical (unpaired) electrons. The minimum atomic E-state index is -3.53. The minimum absolute atomic E-state index is 0.266. The van der Waals surface area contributed by atoms with Crippen molar-refractivity contribution >= 4 is 10.0 Å². The van der Waals surface area contributed by atoms with Crippen LogP contribution in [0.5, 0.6) is 0 Å². The second-order valence-corrected chi connectivity index (χ2v) is 7.03. The van der Waals surface area contributed by atoms with Crippen molar-refractivity contribution in [2.75, 3.05) is 20.3 Å². The summed E-state index contributed by atoms with van der Waals surface area (Å²) in [6, 6.07) is 6.89. The van der Waals surface area contributed by atoms with Gasteiger partial charge in [0.25, 0.3) is 0 Å². The van der Waals surface area contributed by atoms with Crippen molar-refractivity contribution in [1.29, 1.82) is 0 Å². The maximum atomic E-state index is 12.3. The molecular formula is C14H24N2O3S. The first-order chi connectivity index (χ1) is 9.30. The van der Waals surface area contributed by atoms with E-state index in [0.717, 1.165) is 18.7 Å². The second-order valence-electron chi connectivity index (χ2n) is 5.35. The Morgan fingerprint density at radius 2 is 1.80 bits per heavy atom. The molecule has 1 aromatic carbocycles. The normalized spacial score (nSPS) is 12.6. The number of ether oxygens (including phenoxy) is 1. The summed E-state index contributed by atoms with van der Waals surface area (Å²) in [5, 5.41) is 3.20. The molecule has 0 fully saturated rings. The third-order valence-corrected chi connectivity index (χ3v) is 4.44. The highest BCUT2D eigenvalue weighted by Crippen LogP contribution is 2.14. The molecule has 0 heterocycles. The Morgan fingerprint density at radius 1 is 1.20 bits per heavy atom. The molecule has 5 nitrogen and oxygen atoms in total. The number of benzene rings is 1. The van der Waals surface area contributed by atoms with Crippen molar-refractivity contribution in [3.8, 4) is 0 Å². The SMILES string of the molecule is CCNCc1ccc(S(=O)(=O)NC(C)(C)COC)cc1. The number of rotatable bonds is 8. The molecule has 0 aromatic heterocycles. The molecule has 0 atom stereocenters. The van der Waals surface area contributed by atoms with Gasteiger partial charge in [0.05, 0.1) is 17.0 Å². The number of sulfonamides is 1. The first-order valence-corrected chi connectivity index (χ1v) is 8.11. The van der Waals surface area contributed by atoms with Gasteiger partial charge in [0, 0.05) is 13.7 Å². The standard InChI is InChI=1S/C14H24N2O3S/c1-5-15-10-12-6-8-13(9-7-12)20(17,18)16-14(2,3)11-19-4/h6-9,15-16H,5,10-11H2,1-4H3. The van der Waals surface area contributed by atoms with Gasteiger partial charge >= 0.3 is 0 Å². The average Bonchev–Trinajstić information content (AvgIpc) is 2.35. The van der Waals surface area contributed by atoms with Crippen molar-refractivity contribution < 1.29 is 13.2 Å². The third-order valence-electron chi connectivity index (χ3n) is 2.73. The molecule has 1 rings (SSSR count). The van der Waals surface area contributed by atoms with Gasteiger partial charge in [0.2, 0.25) is 10.0 Å². The number of methoxy groups -OCH3 is 1. The van der Waals surface area contributed by atoms with Crippen LogP contribution in [0.2, 0.25) is 0 Å². The topological polar surface area (TPSA) is 67.4 Å². The smallest absolute Gasteiger partial charge is 0.241 e. The Labute approximate surface area is 121 Å². The first kappa shape index (κ1) is 17.1. The fourth-order valence-corrected chi connectivity index (χ4v) is 3.27. The molecule has 0 saturated carbocycles. The Morgan fingerprint density at radius 3 is 2.30 bits per heavy atom. The molecule has 0 unspecified atom stereocenters. The largest absolute Gasteiger partial charge is 0.383 e. The molecular weight excluding hydrogens is 276 g/mol. The Bertz CT molecular complexity index is 510. The Kier molecular flexibility index (Phi) is 6.13. The van der Waals surface area contributed by atoms with Crippen LogP contribution in [0.3, 0.4) is 0 Å². The van der Waals surface area contributed by atoms with Crippen LogP contribution in [0.4, 0.5) is 0 Å². The summed E-state index contributed by atoms with van der Waals surface area (Å²) in [7, 11) is -1.98. The molecule has 6 heteroatoms. The molecule has 114 valence electrons. The molecule has 0 aliphatic carbocycles. The molecule has 0 amide bonds. The van der Waals surface area contributed by atoms with E-state index in [2.05, 4.69) is 10.0 Å². The molecule has 0 aliphatic rings. The molecule has 2 N–H and O–H groups in total. The summed E-state index contributed by atoms with van der Waals surface area (Å²) in [5.41, 5.74) is 0.415. The lowest BCUT2D eigenvalue weighted by molar-refractivity contribution is 0.141. The van der Waals surface area contributed by atoms with E-state index in [1.165, 1.54) is 0 Å². The van der Waals surface area contributed by atoms with Crippen molar-refractivity contribution in [2.45, 2.75) is 37.8 Å². The van der Waals surface area contributed by atoms with E-state index in [0.29, 0.717) is 6.61 Å².